The average molecular weight is 306 g/mol. The van der Waals surface area contributed by atoms with Crippen LogP contribution in [0.15, 0.2) is 24.3 Å². The van der Waals surface area contributed by atoms with Gasteiger partial charge in [-0.05, 0) is 43.0 Å². The Kier molecular flexibility index (Phi) is 5.52. The first-order valence-electron chi connectivity index (χ1n) is 7.80. The lowest BCUT2D eigenvalue weighted by molar-refractivity contribution is -0.133. The number of benzene rings is 1. The molecule has 120 valence electrons. The maximum Gasteiger partial charge on any atom is 0.251 e. The van der Waals surface area contributed by atoms with Crippen LogP contribution in [0.2, 0.25) is 0 Å². The summed E-state index contributed by atoms with van der Waals surface area (Å²) in [5.41, 5.74) is 0.458. The molecule has 0 spiro atoms. The third-order valence-corrected chi connectivity index (χ3v) is 3.87. The van der Waals surface area contributed by atoms with Gasteiger partial charge in [0.05, 0.1) is 0 Å². The summed E-state index contributed by atoms with van der Waals surface area (Å²) in [4.78, 5) is 25.9. The number of amides is 2. The molecule has 1 saturated heterocycles. The molecule has 1 aliphatic heterocycles. The van der Waals surface area contributed by atoms with E-state index in [-0.39, 0.29) is 23.7 Å². The van der Waals surface area contributed by atoms with Crippen molar-refractivity contribution in [2.24, 2.45) is 5.92 Å². The highest BCUT2D eigenvalue weighted by molar-refractivity contribution is 5.94. The Hall–Kier alpha value is -1.91. The highest BCUT2D eigenvalue weighted by atomic mass is 19.1. The van der Waals surface area contributed by atoms with Gasteiger partial charge in [0.15, 0.2) is 0 Å². The van der Waals surface area contributed by atoms with Crippen LogP contribution >= 0.6 is 0 Å². The van der Waals surface area contributed by atoms with Crippen molar-refractivity contribution < 1.29 is 14.0 Å². The zero-order valence-electron chi connectivity index (χ0n) is 13.1. The van der Waals surface area contributed by atoms with Gasteiger partial charge in [-0.15, -0.1) is 0 Å². The number of hydrogen-bond donors (Lipinski definition) is 1. The van der Waals surface area contributed by atoms with Crippen LogP contribution in [0.3, 0.4) is 0 Å². The molecule has 1 aromatic rings. The molecule has 0 aliphatic carbocycles. The highest BCUT2D eigenvalue weighted by Gasteiger charge is 2.24. The van der Waals surface area contributed by atoms with Gasteiger partial charge in [-0.2, -0.15) is 0 Å². The Balaban J connectivity index is 1.81. The van der Waals surface area contributed by atoms with E-state index in [1.807, 2.05) is 18.7 Å². The van der Waals surface area contributed by atoms with Gasteiger partial charge in [0.25, 0.3) is 5.91 Å². The molecule has 1 aliphatic rings. The number of likely N-dealkylation sites (tertiary alicyclic amines) is 1. The van der Waals surface area contributed by atoms with E-state index in [0.29, 0.717) is 31.0 Å². The van der Waals surface area contributed by atoms with Gasteiger partial charge in [-0.3, -0.25) is 9.59 Å². The van der Waals surface area contributed by atoms with E-state index in [0.717, 1.165) is 12.8 Å². The van der Waals surface area contributed by atoms with Crippen molar-refractivity contribution in [3.8, 4) is 0 Å². The second kappa shape index (κ2) is 7.38. The Morgan fingerprint density at radius 2 is 1.82 bits per heavy atom. The number of hydrogen-bond acceptors (Lipinski definition) is 2. The van der Waals surface area contributed by atoms with Crippen LogP contribution in [0.1, 0.15) is 43.5 Å². The minimum absolute atomic E-state index is 0.0700. The van der Waals surface area contributed by atoms with Crippen LogP contribution in [-0.4, -0.2) is 35.8 Å². The van der Waals surface area contributed by atoms with Crippen LogP contribution in [0.5, 0.6) is 0 Å². The van der Waals surface area contributed by atoms with E-state index < -0.39 is 0 Å². The molecular formula is C17H23FN2O2. The zero-order valence-corrected chi connectivity index (χ0v) is 13.1. The van der Waals surface area contributed by atoms with Crippen LogP contribution in [-0.2, 0) is 4.79 Å². The van der Waals surface area contributed by atoms with Crippen LogP contribution in [0, 0.1) is 11.7 Å². The maximum atomic E-state index is 12.8. The molecule has 0 radical (unpaired) electrons. The number of carbonyl (C=O) groups excluding carboxylic acids is 2. The second-order valence-electron chi connectivity index (χ2n) is 6.23. The molecule has 22 heavy (non-hydrogen) atoms. The van der Waals surface area contributed by atoms with Crippen molar-refractivity contribution in [3.05, 3.63) is 35.6 Å². The smallest absolute Gasteiger partial charge is 0.251 e. The molecule has 0 unspecified atom stereocenters. The summed E-state index contributed by atoms with van der Waals surface area (Å²) in [5, 5.41) is 2.96. The SMILES string of the molecule is CC(C)CC(=O)N1CCC(NC(=O)c2ccc(F)cc2)CC1. The number of carbonyl (C=O) groups is 2. The summed E-state index contributed by atoms with van der Waals surface area (Å²) < 4.78 is 12.8. The normalized spacial score (nSPS) is 15.9. The molecule has 2 amide bonds. The number of nitrogens with zero attached hydrogens (tertiary/aromatic N) is 1. The first kappa shape index (κ1) is 16.5. The monoisotopic (exact) mass is 306 g/mol. The lowest BCUT2D eigenvalue weighted by Gasteiger charge is -2.32. The second-order valence-corrected chi connectivity index (χ2v) is 6.23. The highest BCUT2D eigenvalue weighted by Crippen LogP contribution is 2.14. The Morgan fingerprint density at radius 3 is 2.36 bits per heavy atom. The molecule has 0 saturated carbocycles. The van der Waals surface area contributed by atoms with Crippen molar-refractivity contribution in [2.75, 3.05) is 13.1 Å². The molecule has 5 heteroatoms. The van der Waals surface area contributed by atoms with Gasteiger partial charge in [-0.1, -0.05) is 13.8 Å². The fraction of sp³-hybridized carbons (Fsp3) is 0.529. The Bertz CT molecular complexity index is 520. The Morgan fingerprint density at radius 1 is 1.23 bits per heavy atom. The third-order valence-electron chi connectivity index (χ3n) is 3.87. The lowest BCUT2D eigenvalue weighted by Crippen LogP contribution is -2.46. The maximum absolute atomic E-state index is 12.8. The molecule has 1 fully saturated rings. The van der Waals surface area contributed by atoms with Crippen LogP contribution in [0.4, 0.5) is 4.39 Å². The molecule has 4 nitrogen and oxygen atoms in total. The largest absolute Gasteiger partial charge is 0.349 e. The lowest BCUT2D eigenvalue weighted by atomic mass is 10.0. The molecule has 0 aromatic heterocycles. The van der Waals surface area contributed by atoms with Crippen LogP contribution in [0.25, 0.3) is 0 Å². The molecule has 2 rings (SSSR count). The Labute approximate surface area is 130 Å². The zero-order chi connectivity index (χ0) is 16.1. The first-order chi connectivity index (χ1) is 10.5. The molecule has 0 atom stereocenters. The predicted molar refractivity (Wildman–Crippen MR) is 82.9 cm³/mol. The number of piperidine rings is 1. The minimum Gasteiger partial charge on any atom is -0.349 e. The third kappa shape index (κ3) is 4.55. The summed E-state index contributed by atoms with van der Waals surface area (Å²) in [6.07, 6.45) is 2.10. The van der Waals surface area contributed by atoms with E-state index in [1.54, 1.807) is 0 Å². The van der Waals surface area contributed by atoms with Gasteiger partial charge in [0, 0.05) is 31.1 Å². The van der Waals surface area contributed by atoms with Gasteiger partial charge >= 0.3 is 0 Å². The van der Waals surface area contributed by atoms with E-state index >= 15 is 0 Å². The predicted octanol–water partition coefficient (Wildman–Crippen LogP) is 2.59. The molecule has 1 N–H and O–H groups in total. The van der Waals surface area contributed by atoms with Gasteiger partial charge in [0.1, 0.15) is 5.82 Å². The minimum atomic E-state index is -0.353. The quantitative estimate of drug-likeness (QED) is 0.929. The van der Waals surface area contributed by atoms with E-state index in [4.69, 9.17) is 0 Å². The summed E-state index contributed by atoms with van der Waals surface area (Å²) in [5.74, 6) is 0.0159. The van der Waals surface area contributed by atoms with Crippen molar-refractivity contribution in [1.29, 1.82) is 0 Å². The van der Waals surface area contributed by atoms with E-state index in [9.17, 15) is 14.0 Å². The first-order valence-corrected chi connectivity index (χ1v) is 7.80. The van der Waals surface area contributed by atoms with E-state index in [2.05, 4.69) is 5.32 Å². The molecule has 0 bridgehead atoms. The number of nitrogens with one attached hydrogen (secondary N) is 1. The van der Waals surface area contributed by atoms with E-state index in [1.165, 1.54) is 24.3 Å². The summed E-state index contributed by atoms with van der Waals surface area (Å²) in [6, 6.07) is 5.59. The van der Waals surface area contributed by atoms with Crippen LogP contribution < -0.4 is 5.32 Å². The molecule has 1 heterocycles. The van der Waals surface area contributed by atoms with Crippen molar-refractivity contribution in [1.82, 2.24) is 10.2 Å². The van der Waals surface area contributed by atoms with Crippen molar-refractivity contribution in [2.45, 2.75) is 39.2 Å². The van der Waals surface area contributed by atoms with Gasteiger partial charge in [-0.25, -0.2) is 4.39 Å². The number of halogens is 1. The molecule has 1 aromatic carbocycles. The summed E-state index contributed by atoms with van der Waals surface area (Å²) >= 11 is 0. The van der Waals surface area contributed by atoms with Gasteiger partial charge in [0.2, 0.25) is 5.91 Å². The summed E-state index contributed by atoms with van der Waals surface area (Å²) in [7, 11) is 0. The fourth-order valence-electron chi connectivity index (χ4n) is 2.62. The number of rotatable bonds is 4. The van der Waals surface area contributed by atoms with Crippen molar-refractivity contribution in [3.63, 3.8) is 0 Å². The fourth-order valence-corrected chi connectivity index (χ4v) is 2.62. The molecular weight excluding hydrogens is 283 g/mol. The summed E-state index contributed by atoms with van der Waals surface area (Å²) in [6.45, 7) is 5.43. The average Bonchev–Trinajstić information content (AvgIpc) is 2.48. The van der Waals surface area contributed by atoms with Crippen molar-refractivity contribution >= 4 is 11.8 Å². The topological polar surface area (TPSA) is 49.4 Å². The van der Waals surface area contributed by atoms with Gasteiger partial charge < -0.3 is 10.2 Å². The standard InChI is InChI=1S/C17H23FN2O2/c1-12(2)11-16(21)20-9-7-15(8-10-20)19-17(22)13-3-5-14(18)6-4-13/h3-6,12,15H,7-11H2,1-2H3,(H,19,22).